The third-order valence-electron chi connectivity index (χ3n) is 4.63. The summed E-state index contributed by atoms with van der Waals surface area (Å²) < 4.78 is 69.0. The van der Waals surface area contributed by atoms with Gasteiger partial charge in [0, 0.05) is 29.8 Å². The quantitative estimate of drug-likeness (QED) is 0.511. The van der Waals surface area contributed by atoms with Crippen molar-refractivity contribution in [2.45, 2.75) is 26.1 Å². The van der Waals surface area contributed by atoms with Gasteiger partial charge in [0.05, 0.1) is 18.6 Å². The molecule has 0 amide bonds. The molecule has 3 aromatic rings. The smallest absolute Gasteiger partial charge is 0.272 e. The molecule has 0 saturated heterocycles. The second-order valence-electron chi connectivity index (χ2n) is 7.06. The van der Waals surface area contributed by atoms with Crippen molar-refractivity contribution in [2.24, 2.45) is 5.73 Å². The van der Waals surface area contributed by atoms with E-state index in [9.17, 15) is 26.4 Å². The van der Waals surface area contributed by atoms with Gasteiger partial charge in [0.25, 0.3) is 15.7 Å². The number of halogens is 3. The summed E-state index contributed by atoms with van der Waals surface area (Å²) in [7, 11) is -3.82. The van der Waals surface area contributed by atoms with Gasteiger partial charge in [-0.05, 0) is 48.4 Å². The van der Waals surface area contributed by atoms with E-state index in [2.05, 4.69) is 5.10 Å². The number of hydrogen-bond acceptors (Lipinski definition) is 6. The molecule has 0 atom stereocenters. The summed E-state index contributed by atoms with van der Waals surface area (Å²) in [6, 6.07) is 8.87. The molecule has 2 aromatic carbocycles. The molecule has 2 N–H and O–H groups in total. The average Bonchev–Trinajstić information content (AvgIpc) is 2.74. The molecule has 0 unspecified atom stereocenters. The van der Waals surface area contributed by atoms with Crippen molar-refractivity contribution in [1.29, 1.82) is 0 Å². The second-order valence-corrected chi connectivity index (χ2v) is 8.70. The topological polar surface area (TPSA) is 104 Å². The molecule has 0 bridgehead atoms. The third kappa shape index (κ3) is 5.81. The van der Waals surface area contributed by atoms with Crippen LogP contribution in [-0.4, -0.2) is 24.5 Å². The van der Waals surface area contributed by atoms with Crippen LogP contribution < -0.4 is 11.3 Å². The first-order chi connectivity index (χ1) is 15.1. The van der Waals surface area contributed by atoms with Crippen LogP contribution in [0.4, 0.5) is 13.2 Å². The van der Waals surface area contributed by atoms with Gasteiger partial charge in [-0.25, -0.2) is 17.9 Å². The van der Waals surface area contributed by atoms with Crippen molar-refractivity contribution in [2.75, 3.05) is 6.26 Å². The summed E-state index contributed by atoms with van der Waals surface area (Å²) in [6.45, 7) is -0.586. The van der Waals surface area contributed by atoms with Gasteiger partial charge < -0.3 is 5.73 Å². The minimum absolute atomic E-state index is 0.00401. The van der Waals surface area contributed by atoms with Gasteiger partial charge in [0.15, 0.2) is 11.6 Å². The van der Waals surface area contributed by atoms with Crippen LogP contribution in [0.2, 0.25) is 0 Å². The molecular weight excluding hydrogens is 447 g/mol. The molecule has 0 saturated carbocycles. The Hall–Kier alpha value is -3.02. The summed E-state index contributed by atoms with van der Waals surface area (Å²) in [5, 5.41) is 4.28. The lowest BCUT2D eigenvalue weighted by atomic mass is 10.1. The molecular formula is C21H20F3N3O4S. The van der Waals surface area contributed by atoms with Crippen molar-refractivity contribution in [1.82, 2.24) is 9.78 Å². The standard InChI is InChI=1S/C21H20F3N3O4S/c1-32(29,30)31-12-16-10-20(14-3-5-17(22)15(9-14)11-25)26-27(21(16)28)7-6-13-2-4-18(23)19(24)8-13/h2-5,8-10H,6-7,11-12,25H2,1H3. The lowest BCUT2D eigenvalue weighted by Crippen LogP contribution is -2.28. The molecule has 0 aliphatic heterocycles. The highest BCUT2D eigenvalue weighted by molar-refractivity contribution is 7.85. The van der Waals surface area contributed by atoms with Gasteiger partial charge in [0.1, 0.15) is 5.82 Å². The molecule has 1 aromatic heterocycles. The van der Waals surface area contributed by atoms with E-state index in [0.29, 0.717) is 11.1 Å². The Balaban J connectivity index is 2.01. The van der Waals surface area contributed by atoms with Gasteiger partial charge >= 0.3 is 0 Å². The zero-order valence-corrected chi connectivity index (χ0v) is 17.8. The Labute approximate surface area is 182 Å². The summed E-state index contributed by atoms with van der Waals surface area (Å²) in [5.41, 5.74) is 6.33. The van der Waals surface area contributed by atoms with Crippen LogP contribution in [0.15, 0.2) is 47.3 Å². The number of nitrogens with zero attached hydrogens (tertiary/aromatic N) is 2. The third-order valence-corrected chi connectivity index (χ3v) is 5.18. The van der Waals surface area contributed by atoms with Gasteiger partial charge in [-0.15, -0.1) is 0 Å². The summed E-state index contributed by atoms with van der Waals surface area (Å²) in [4.78, 5) is 12.8. The summed E-state index contributed by atoms with van der Waals surface area (Å²) in [5.74, 6) is -2.50. The average molecular weight is 467 g/mol. The minimum Gasteiger partial charge on any atom is -0.326 e. The molecule has 0 aliphatic rings. The lowest BCUT2D eigenvalue weighted by Gasteiger charge is -2.12. The van der Waals surface area contributed by atoms with Crippen LogP contribution in [0.5, 0.6) is 0 Å². The Morgan fingerprint density at radius 3 is 2.38 bits per heavy atom. The molecule has 7 nitrogen and oxygen atoms in total. The van der Waals surface area contributed by atoms with Crippen molar-refractivity contribution in [3.8, 4) is 11.3 Å². The van der Waals surface area contributed by atoms with Crippen molar-refractivity contribution < 1.29 is 25.8 Å². The molecule has 0 aliphatic carbocycles. The number of aromatic nitrogens is 2. The van der Waals surface area contributed by atoms with Crippen LogP contribution in [0.3, 0.4) is 0 Å². The minimum atomic E-state index is -3.82. The molecule has 32 heavy (non-hydrogen) atoms. The highest BCUT2D eigenvalue weighted by Gasteiger charge is 2.14. The van der Waals surface area contributed by atoms with Crippen LogP contribution >= 0.6 is 0 Å². The van der Waals surface area contributed by atoms with Crippen molar-refractivity contribution in [3.05, 3.63) is 87.0 Å². The fourth-order valence-corrected chi connectivity index (χ4v) is 3.33. The Morgan fingerprint density at radius 2 is 1.72 bits per heavy atom. The number of rotatable bonds is 8. The van der Waals surface area contributed by atoms with Crippen LogP contribution in [0.25, 0.3) is 11.3 Å². The maximum atomic E-state index is 13.8. The van der Waals surface area contributed by atoms with E-state index >= 15 is 0 Å². The van der Waals surface area contributed by atoms with Gasteiger partial charge in [0.2, 0.25) is 0 Å². The SMILES string of the molecule is CS(=O)(=O)OCc1cc(-c2ccc(F)c(CN)c2)nn(CCc2ccc(F)c(F)c2)c1=O. The fraction of sp³-hybridized carbons (Fsp3) is 0.238. The van der Waals surface area contributed by atoms with Gasteiger partial charge in [-0.3, -0.25) is 8.98 Å². The van der Waals surface area contributed by atoms with Crippen molar-refractivity contribution in [3.63, 3.8) is 0 Å². The van der Waals surface area contributed by atoms with Crippen LogP contribution in [0, 0.1) is 17.5 Å². The molecule has 3 rings (SSSR count). The van der Waals surface area contributed by atoms with E-state index in [1.54, 1.807) is 0 Å². The number of aryl methyl sites for hydroxylation is 2. The second kappa shape index (κ2) is 9.63. The first-order valence-corrected chi connectivity index (χ1v) is 11.3. The molecule has 170 valence electrons. The maximum Gasteiger partial charge on any atom is 0.272 e. The van der Waals surface area contributed by atoms with Crippen LogP contribution in [0.1, 0.15) is 16.7 Å². The highest BCUT2D eigenvalue weighted by atomic mass is 32.2. The van der Waals surface area contributed by atoms with Crippen LogP contribution in [-0.2, 0) is 40.4 Å². The molecule has 0 radical (unpaired) electrons. The molecule has 0 fully saturated rings. The van der Waals surface area contributed by atoms with E-state index in [0.717, 1.165) is 23.1 Å². The van der Waals surface area contributed by atoms with E-state index in [1.165, 1.54) is 30.3 Å². The summed E-state index contributed by atoms with van der Waals surface area (Å²) in [6.07, 6.45) is 1.00. The Bertz CT molecular complexity index is 1310. The first-order valence-electron chi connectivity index (χ1n) is 9.45. The predicted molar refractivity (Wildman–Crippen MR) is 111 cm³/mol. The van der Waals surface area contributed by atoms with E-state index in [4.69, 9.17) is 9.92 Å². The van der Waals surface area contributed by atoms with Gasteiger partial charge in [-0.1, -0.05) is 6.07 Å². The van der Waals surface area contributed by atoms with E-state index in [1.807, 2.05) is 0 Å². The van der Waals surface area contributed by atoms with E-state index in [-0.39, 0.29) is 36.3 Å². The fourth-order valence-electron chi connectivity index (χ4n) is 2.98. The predicted octanol–water partition coefficient (Wildman–Crippen LogP) is 2.51. The number of benzene rings is 2. The van der Waals surface area contributed by atoms with Gasteiger partial charge in [-0.2, -0.15) is 13.5 Å². The Morgan fingerprint density at radius 1 is 1.00 bits per heavy atom. The molecule has 11 heteroatoms. The van der Waals surface area contributed by atoms with E-state index < -0.39 is 39.7 Å². The molecule has 0 spiro atoms. The zero-order valence-electron chi connectivity index (χ0n) is 17.0. The van der Waals surface area contributed by atoms with Crippen molar-refractivity contribution >= 4 is 10.1 Å². The maximum absolute atomic E-state index is 13.8. The lowest BCUT2D eigenvalue weighted by molar-refractivity contribution is 0.308. The first kappa shape index (κ1) is 23.6. The zero-order chi connectivity index (χ0) is 23.5. The normalized spacial score (nSPS) is 11.7. The highest BCUT2D eigenvalue weighted by Crippen LogP contribution is 2.21. The molecule has 1 heterocycles. The summed E-state index contributed by atoms with van der Waals surface area (Å²) >= 11 is 0. The monoisotopic (exact) mass is 467 g/mol. The largest absolute Gasteiger partial charge is 0.326 e. The number of hydrogen-bond donors (Lipinski definition) is 1. The number of nitrogens with two attached hydrogens (primary N) is 1. The Kier molecular flexibility index (Phi) is 7.12.